The second kappa shape index (κ2) is 23.5. The van der Waals surface area contributed by atoms with Crippen molar-refractivity contribution in [2.24, 2.45) is 5.41 Å². The number of carbonyl (C=O) groups excluding carboxylic acids is 2. The van der Waals surface area contributed by atoms with Gasteiger partial charge in [0.15, 0.2) is 0 Å². The van der Waals surface area contributed by atoms with Crippen LogP contribution in [0.2, 0.25) is 0 Å². The molecule has 0 heterocycles. The summed E-state index contributed by atoms with van der Waals surface area (Å²) in [6, 6.07) is 0. The van der Waals surface area contributed by atoms with Crippen LogP contribution in [0.4, 0.5) is 0 Å². The topological polar surface area (TPSA) is 80.3 Å². The number of carboxylic acids is 2. The Kier molecular flexibility index (Phi) is 36.4. The van der Waals surface area contributed by atoms with Gasteiger partial charge in [-0.25, -0.2) is 0 Å². The summed E-state index contributed by atoms with van der Waals surface area (Å²) < 4.78 is 0. The Morgan fingerprint density at radius 1 is 0.870 bits per heavy atom. The zero-order chi connectivity index (χ0) is 16.0. The van der Waals surface area contributed by atoms with Crippen LogP contribution >= 0.6 is 0 Å². The van der Waals surface area contributed by atoms with Crippen molar-refractivity contribution in [3.05, 3.63) is 6.42 Å². The average Bonchev–Trinajstić information content (AvgIpc) is 2.25. The van der Waals surface area contributed by atoms with Crippen LogP contribution in [0.25, 0.3) is 0 Å². The molecular weight excluding hydrogens is 309 g/mol. The molecule has 0 unspecified atom stereocenters. The molecule has 0 bridgehead atoms. The first-order valence-electron chi connectivity index (χ1n) is 7.36. The fourth-order valence-electron chi connectivity index (χ4n) is 1.65. The van der Waals surface area contributed by atoms with Crippen LogP contribution in [0.3, 0.4) is 0 Å². The number of carboxylic acid groups (broad SMARTS) is 2. The molecular formula is C16H29LiNa2O4. The summed E-state index contributed by atoms with van der Waals surface area (Å²) in [6.45, 7) is 9.15. The Morgan fingerprint density at radius 3 is 1.57 bits per heavy atom. The molecule has 0 aromatic carbocycles. The molecule has 0 atom stereocenters. The van der Waals surface area contributed by atoms with Crippen LogP contribution in [-0.2, 0) is 9.59 Å². The molecule has 0 aromatic rings. The van der Waals surface area contributed by atoms with Gasteiger partial charge in [0.05, 0.1) is 0 Å². The van der Waals surface area contributed by atoms with E-state index in [1.54, 1.807) is 0 Å². The monoisotopic (exact) mass is 338 g/mol. The van der Waals surface area contributed by atoms with Crippen LogP contribution < -0.4 is 88.2 Å². The fraction of sp³-hybridized carbons (Fsp3) is 0.812. The van der Waals surface area contributed by atoms with E-state index in [0.717, 1.165) is 0 Å². The van der Waals surface area contributed by atoms with E-state index in [9.17, 15) is 19.8 Å². The molecule has 0 aliphatic rings. The van der Waals surface area contributed by atoms with Gasteiger partial charge in [0, 0.05) is 18.4 Å². The molecule has 4 nitrogen and oxygen atoms in total. The van der Waals surface area contributed by atoms with E-state index in [2.05, 4.69) is 34.1 Å². The van der Waals surface area contributed by atoms with Gasteiger partial charge in [0.1, 0.15) is 0 Å². The molecule has 0 rings (SSSR count). The van der Waals surface area contributed by atoms with Gasteiger partial charge in [-0.2, -0.15) is 13.3 Å². The molecule has 0 saturated heterocycles. The molecule has 0 saturated carbocycles. The van der Waals surface area contributed by atoms with Crippen LogP contribution in [0.1, 0.15) is 79.1 Å². The SMILES string of the molecule is C[CH-]CCCCCCCC(C)(C)C.O=C([O-])CC(=O)[O-].[Li+].[Na+].[Na+]. The first-order valence-corrected chi connectivity index (χ1v) is 7.36. The molecule has 0 aromatic heterocycles. The Morgan fingerprint density at radius 2 is 1.26 bits per heavy atom. The predicted octanol–water partition coefficient (Wildman–Crippen LogP) is -7.12. The number of rotatable bonds is 9. The summed E-state index contributed by atoms with van der Waals surface area (Å²) in [4.78, 5) is 18.6. The van der Waals surface area contributed by atoms with Crippen molar-refractivity contribution in [3.8, 4) is 0 Å². The second-order valence-electron chi connectivity index (χ2n) is 6.20. The van der Waals surface area contributed by atoms with E-state index in [1.165, 1.54) is 44.9 Å². The van der Waals surface area contributed by atoms with Gasteiger partial charge < -0.3 is 26.2 Å². The third-order valence-electron chi connectivity index (χ3n) is 2.71. The molecule has 0 fully saturated rings. The maximum absolute atomic E-state index is 9.28. The summed E-state index contributed by atoms with van der Waals surface area (Å²) in [7, 11) is 0. The van der Waals surface area contributed by atoms with E-state index < -0.39 is 18.4 Å². The quantitative estimate of drug-likeness (QED) is 0.181. The number of hydrogen-bond acceptors (Lipinski definition) is 4. The number of aliphatic carboxylic acids is 2. The Labute approximate surface area is 198 Å². The maximum Gasteiger partial charge on any atom is 1.00 e. The smallest absolute Gasteiger partial charge is 0.550 e. The van der Waals surface area contributed by atoms with E-state index in [4.69, 9.17) is 0 Å². The molecule has 0 spiro atoms. The van der Waals surface area contributed by atoms with Crippen molar-refractivity contribution in [1.29, 1.82) is 0 Å². The standard InChI is InChI=1S/C13H27.C3H4O4.Li.2Na/c1-5-6-7-8-9-10-11-12-13(2,3)4;4-2(5)1-3(6)7;;;/h5H,6-12H2,1-4H3;1H2,(H,4,5)(H,6,7);;;/q-1;;3*+1/p-2. The van der Waals surface area contributed by atoms with E-state index in [0.29, 0.717) is 5.41 Å². The van der Waals surface area contributed by atoms with Crippen molar-refractivity contribution in [3.63, 3.8) is 0 Å². The van der Waals surface area contributed by atoms with Gasteiger partial charge in [-0.1, -0.05) is 52.9 Å². The molecule has 0 amide bonds. The Bertz CT molecular complexity index is 257. The summed E-state index contributed by atoms with van der Waals surface area (Å²) in [5.41, 5.74) is 0.539. The average molecular weight is 338 g/mol. The third kappa shape index (κ3) is 45.2. The minimum absolute atomic E-state index is 0. The van der Waals surface area contributed by atoms with E-state index in [1.807, 2.05) is 0 Å². The van der Waals surface area contributed by atoms with Gasteiger partial charge in [0.2, 0.25) is 0 Å². The Hall–Kier alpha value is 1.54. The zero-order valence-electron chi connectivity index (χ0n) is 16.4. The number of hydrogen-bond donors (Lipinski definition) is 0. The van der Waals surface area contributed by atoms with Gasteiger partial charge in [-0.05, 0) is 11.8 Å². The molecule has 7 heteroatoms. The fourth-order valence-corrected chi connectivity index (χ4v) is 1.65. The predicted molar refractivity (Wildman–Crippen MR) is 76.4 cm³/mol. The van der Waals surface area contributed by atoms with Crippen molar-refractivity contribution < 1.29 is 97.8 Å². The van der Waals surface area contributed by atoms with Gasteiger partial charge >= 0.3 is 78.0 Å². The van der Waals surface area contributed by atoms with E-state index in [-0.39, 0.29) is 78.0 Å². The maximum atomic E-state index is 9.28. The summed E-state index contributed by atoms with van der Waals surface area (Å²) >= 11 is 0. The third-order valence-corrected chi connectivity index (χ3v) is 2.71. The van der Waals surface area contributed by atoms with Gasteiger partial charge in [-0.3, -0.25) is 0 Å². The molecule has 120 valence electrons. The van der Waals surface area contributed by atoms with Crippen LogP contribution in [-0.4, -0.2) is 11.9 Å². The zero-order valence-corrected chi connectivity index (χ0v) is 20.4. The first-order chi connectivity index (χ1) is 9.19. The van der Waals surface area contributed by atoms with Crippen molar-refractivity contribution in [2.75, 3.05) is 0 Å². The van der Waals surface area contributed by atoms with E-state index >= 15 is 0 Å². The van der Waals surface area contributed by atoms with Gasteiger partial charge in [-0.15, -0.1) is 0 Å². The summed E-state index contributed by atoms with van der Waals surface area (Å²) in [5.74, 6) is -3.25. The molecule has 0 aliphatic heterocycles. The van der Waals surface area contributed by atoms with Crippen LogP contribution in [0, 0.1) is 11.8 Å². The summed E-state index contributed by atoms with van der Waals surface area (Å²) in [6.07, 6.45) is 11.0. The minimum atomic E-state index is -1.63. The largest absolute Gasteiger partial charge is 1.00 e. The van der Waals surface area contributed by atoms with Crippen molar-refractivity contribution in [2.45, 2.75) is 79.1 Å². The number of unbranched alkanes of at least 4 members (excludes halogenated alkanes) is 6. The van der Waals surface area contributed by atoms with Crippen molar-refractivity contribution >= 4 is 11.9 Å². The number of carbonyl (C=O) groups is 2. The molecule has 0 radical (unpaired) electrons. The second-order valence-corrected chi connectivity index (χ2v) is 6.20. The van der Waals surface area contributed by atoms with Crippen molar-refractivity contribution in [1.82, 2.24) is 0 Å². The minimum Gasteiger partial charge on any atom is -0.550 e. The molecule has 0 N–H and O–H groups in total. The van der Waals surface area contributed by atoms with Gasteiger partial charge in [0.25, 0.3) is 0 Å². The van der Waals surface area contributed by atoms with Crippen LogP contribution in [0.15, 0.2) is 0 Å². The summed E-state index contributed by atoms with van der Waals surface area (Å²) in [5, 5.41) is 18.6. The normalized spacial score (nSPS) is 9.22. The van der Waals surface area contributed by atoms with Crippen LogP contribution in [0.5, 0.6) is 0 Å². The first kappa shape index (κ1) is 35.6. The Balaban J connectivity index is -0.0000000945. The molecule has 23 heavy (non-hydrogen) atoms. The molecule has 0 aliphatic carbocycles.